The molecule has 0 radical (unpaired) electrons. The Hall–Kier alpha value is -0.780. The first kappa shape index (κ1) is 13.6. The Morgan fingerprint density at radius 3 is 3.22 bits per heavy atom. The molecule has 1 unspecified atom stereocenters. The number of allylic oxidation sites excluding steroid dienone is 1. The highest BCUT2D eigenvalue weighted by Crippen LogP contribution is 2.37. The van der Waals surface area contributed by atoms with E-state index in [-0.39, 0.29) is 5.17 Å². The predicted molar refractivity (Wildman–Crippen MR) is 80.4 cm³/mol. The van der Waals surface area contributed by atoms with Crippen LogP contribution in [0, 0.1) is 11.3 Å². The molecule has 1 aromatic heterocycles. The molecule has 5 heteroatoms. The first-order chi connectivity index (χ1) is 8.70. The lowest BCUT2D eigenvalue weighted by Gasteiger charge is -2.24. The number of amidine groups is 1. The van der Waals surface area contributed by atoms with Crippen molar-refractivity contribution in [1.82, 2.24) is 0 Å². The van der Waals surface area contributed by atoms with Crippen LogP contribution >= 0.6 is 23.1 Å². The minimum absolute atomic E-state index is 0.182. The summed E-state index contributed by atoms with van der Waals surface area (Å²) in [5.41, 5.74) is 8.13. The van der Waals surface area contributed by atoms with Gasteiger partial charge in [0.2, 0.25) is 0 Å². The number of fused-ring (bicyclic) bond motifs is 1. The predicted octanol–water partition coefficient (Wildman–Crippen LogP) is 2.97. The van der Waals surface area contributed by atoms with Gasteiger partial charge >= 0.3 is 0 Å². The molecular weight excluding hydrogens is 264 g/mol. The molecule has 1 aliphatic carbocycles. The Balaban J connectivity index is 2.11. The standard InChI is InChI=1S/C13H18N2OS2/c1-16-8-9-6-10(2-4-18-13(14)15)11-3-5-17-12(11)7-9/h2-3,5,9H,4,6-8H2,1H3,(H3,14,15)/b10-2+. The van der Waals surface area contributed by atoms with E-state index in [9.17, 15) is 0 Å². The van der Waals surface area contributed by atoms with Gasteiger partial charge in [-0.1, -0.05) is 17.8 Å². The van der Waals surface area contributed by atoms with Gasteiger partial charge in [0.1, 0.15) is 0 Å². The molecule has 0 amide bonds. The Morgan fingerprint density at radius 2 is 2.50 bits per heavy atom. The summed E-state index contributed by atoms with van der Waals surface area (Å²) in [6, 6.07) is 2.20. The van der Waals surface area contributed by atoms with Crippen molar-refractivity contribution in [2.75, 3.05) is 19.5 Å². The van der Waals surface area contributed by atoms with Gasteiger partial charge in [0.25, 0.3) is 0 Å². The molecule has 0 saturated carbocycles. The van der Waals surface area contributed by atoms with Gasteiger partial charge in [-0.05, 0) is 41.3 Å². The number of nitrogens with one attached hydrogen (secondary N) is 1. The van der Waals surface area contributed by atoms with Gasteiger partial charge in [-0.15, -0.1) is 11.3 Å². The first-order valence-corrected chi connectivity index (χ1v) is 7.78. The van der Waals surface area contributed by atoms with E-state index in [2.05, 4.69) is 17.5 Å². The molecule has 0 aromatic carbocycles. The van der Waals surface area contributed by atoms with Crippen LogP contribution in [-0.4, -0.2) is 24.6 Å². The van der Waals surface area contributed by atoms with Crippen LogP contribution in [0.1, 0.15) is 16.9 Å². The van der Waals surface area contributed by atoms with Crippen molar-refractivity contribution in [3.8, 4) is 0 Å². The summed E-state index contributed by atoms with van der Waals surface area (Å²) < 4.78 is 5.28. The second-order valence-electron chi connectivity index (χ2n) is 4.39. The highest BCUT2D eigenvalue weighted by molar-refractivity contribution is 8.13. The third-order valence-electron chi connectivity index (χ3n) is 3.04. The van der Waals surface area contributed by atoms with Crippen molar-refractivity contribution >= 4 is 33.8 Å². The zero-order chi connectivity index (χ0) is 13.0. The van der Waals surface area contributed by atoms with E-state index in [0.717, 1.165) is 25.2 Å². The lowest BCUT2D eigenvalue weighted by atomic mass is 9.85. The summed E-state index contributed by atoms with van der Waals surface area (Å²) >= 11 is 3.20. The fraction of sp³-hybridized carbons (Fsp3) is 0.462. The number of methoxy groups -OCH3 is 1. The normalized spacial score (nSPS) is 20.9. The summed E-state index contributed by atoms with van der Waals surface area (Å²) in [6.07, 6.45) is 4.40. The van der Waals surface area contributed by atoms with Crippen LogP contribution in [0.15, 0.2) is 17.5 Å². The van der Waals surface area contributed by atoms with E-state index in [1.54, 1.807) is 7.11 Å². The average molecular weight is 282 g/mol. The van der Waals surface area contributed by atoms with Crippen molar-refractivity contribution in [1.29, 1.82) is 5.41 Å². The van der Waals surface area contributed by atoms with E-state index in [1.165, 1.54) is 27.8 Å². The quantitative estimate of drug-likeness (QED) is 0.659. The largest absolute Gasteiger partial charge is 0.384 e. The molecule has 0 aliphatic heterocycles. The molecule has 18 heavy (non-hydrogen) atoms. The Morgan fingerprint density at radius 1 is 1.67 bits per heavy atom. The molecule has 0 fully saturated rings. The molecule has 3 nitrogen and oxygen atoms in total. The third kappa shape index (κ3) is 3.37. The van der Waals surface area contributed by atoms with Crippen molar-refractivity contribution in [3.05, 3.63) is 28.0 Å². The summed E-state index contributed by atoms with van der Waals surface area (Å²) in [5.74, 6) is 1.36. The van der Waals surface area contributed by atoms with Crippen LogP contribution in [-0.2, 0) is 11.2 Å². The minimum Gasteiger partial charge on any atom is -0.384 e. The zero-order valence-corrected chi connectivity index (χ0v) is 12.1. The highest BCUT2D eigenvalue weighted by atomic mass is 32.2. The second-order valence-corrected chi connectivity index (χ2v) is 6.45. The van der Waals surface area contributed by atoms with Gasteiger partial charge < -0.3 is 10.5 Å². The molecule has 0 spiro atoms. The Bertz CT molecular complexity index is 454. The molecule has 0 saturated heterocycles. The number of hydrogen-bond acceptors (Lipinski definition) is 4. The van der Waals surface area contributed by atoms with Gasteiger partial charge in [-0.25, -0.2) is 0 Å². The maximum Gasteiger partial charge on any atom is 0.151 e. The van der Waals surface area contributed by atoms with Crippen molar-refractivity contribution in [2.24, 2.45) is 11.7 Å². The number of rotatable bonds is 4. The van der Waals surface area contributed by atoms with E-state index in [4.69, 9.17) is 15.9 Å². The summed E-state index contributed by atoms with van der Waals surface area (Å²) in [6.45, 7) is 0.814. The molecule has 98 valence electrons. The fourth-order valence-electron chi connectivity index (χ4n) is 2.32. The fourth-order valence-corrected chi connectivity index (χ4v) is 3.81. The monoisotopic (exact) mass is 282 g/mol. The number of ether oxygens (including phenoxy) is 1. The molecule has 1 atom stereocenters. The number of nitrogens with two attached hydrogens (primary N) is 1. The number of thioether (sulfide) groups is 1. The molecule has 0 bridgehead atoms. The van der Waals surface area contributed by atoms with Crippen LogP contribution in [0.25, 0.3) is 5.57 Å². The van der Waals surface area contributed by atoms with E-state index in [0.29, 0.717) is 5.92 Å². The summed E-state index contributed by atoms with van der Waals surface area (Å²) in [5, 5.41) is 9.57. The minimum atomic E-state index is 0.182. The van der Waals surface area contributed by atoms with E-state index < -0.39 is 0 Å². The Kier molecular flexibility index (Phi) is 4.86. The van der Waals surface area contributed by atoms with Gasteiger partial charge in [-0.2, -0.15) is 0 Å². The van der Waals surface area contributed by atoms with Gasteiger partial charge in [0.15, 0.2) is 5.17 Å². The van der Waals surface area contributed by atoms with Crippen LogP contribution in [0.3, 0.4) is 0 Å². The zero-order valence-electron chi connectivity index (χ0n) is 10.4. The van der Waals surface area contributed by atoms with Gasteiger partial charge in [0.05, 0.1) is 0 Å². The van der Waals surface area contributed by atoms with Crippen LogP contribution in [0.5, 0.6) is 0 Å². The number of thiophene rings is 1. The molecule has 3 N–H and O–H groups in total. The first-order valence-electron chi connectivity index (χ1n) is 5.92. The molecular formula is C13H18N2OS2. The SMILES string of the molecule is COCC1C/C(=C\CSC(=N)N)c2ccsc2C1. The highest BCUT2D eigenvalue weighted by Gasteiger charge is 2.23. The Labute approximate surface area is 116 Å². The molecule has 1 aromatic rings. The molecule has 1 heterocycles. The van der Waals surface area contributed by atoms with Crippen LogP contribution < -0.4 is 5.73 Å². The lowest BCUT2D eigenvalue weighted by Crippen LogP contribution is -2.16. The number of hydrogen-bond donors (Lipinski definition) is 2. The van der Waals surface area contributed by atoms with Crippen LogP contribution in [0.4, 0.5) is 0 Å². The maximum atomic E-state index is 7.23. The van der Waals surface area contributed by atoms with Crippen molar-refractivity contribution in [2.45, 2.75) is 12.8 Å². The topological polar surface area (TPSA) is 59.1 Å². The summed E-state index contributed by atoms with van der Waals surface area (Å²) in [4.78, 5) is 1.46. The third-order valence-corrected chi connectivity index (χ3v) is 4.63. The second kappa shape index (κ2) is 6.41. The van der Waals surface area contributed by atoms with Gasteiger partial charge in [-0.3, -0.25) is 5.41 Å². The van der Waals surface area contributed by atoms with Gasteiger partial charge in [0, 0.05) is 24.3 Å². The van der Waals surface area contributed by atoms with E-state index >= 15 is 0 Å². The van der Waals surface area contributed by atoms with Crippen molar-refractivity contribution < 1.29 is 4.74 Å². The van der Waals surface area contributed by atoms with E-state index in [1.807, 2.05) is 11.3 Å². The lowest BCUT2D eigenvalue weighted by molar-refractivity contribution is 0.153. The smallest absolute Gasteiger partial charge is 0.151 e. The summed E-state index contributed by atoms with van der Waals surface area (Å²) in [7, 11) is 1.76. The average Bonchev–Trinajstić information content (AvgIpc) is 2.77. The van der Waals surface area contributed by atoms with Crippen molar-refractivity contribution in [3.63, 3.8) is 0 Å². The van der Waals surface area contributed by atoms with Crippen LogP contribution in [0.2, 0.25) is 0 Å². The molecule has 2 rings (SSSR count). The molecule has 1 aliphatic rings. The maximum absolute atomic E-state index is 7.23.